The zero-order valence-electron chi connectivity index (χ0n) is 9.40. The third kappa shape index (κ3) is 2.61. The molecule has 90 valence electrons. The molecule has 0 N–H and O–H groups in total. The van der Waals surface area contributed by atoms with E-state index in [9.17, 15) is 14.4 Å². The number of alkyl halides is 1. The molecule has 4 amide bonds. The lowest BCUT2D eigenvalue weighted by molar-refractivity contribution is -0.142. The maximum atomic E-state index is 11.5. The Kier molecular flexibility index (Phi) is 4.46. The molecule has 6 heteroatoms. The topological polar surface area (TPSA) is 57.7 Å². The van der Waals surface area contributed by atoms with Gasteiger partial charge in [0.25, 0.3) is 0 Å². The summed E-state index contributed by atoms with van der Waals surface area (Å²) in [5.74, 6) is -1.03. The van der Waals surface area contributed by atoms with Crippen LogP contribution in [0.15, 0.2) is 0 Å². The summed E-state index contributed by atoms with van der Waals surface area (Å²) in [6, 6.07) is -0.513. The largest absolute Gasteiger partial charge is 0.333 e. The van der Waals surface area contributed by atoms with E-state index < -0.39 is 17.8 Å². The second-order valence-corrected chi connectivity index (χ2v) is 4.77. The summed E-state index contributed by atoms with van der Waals surface area (Å²) in [5, 5.41) is 0.898. The Morgan fingerprint density at radius 1 is 1.19 bits per heavy atom. The number of carbonyl (C=O) groups is 3. The molecule has 1 fully saturated rings. The fraction of sp³-hybridized carbons (Fsp3) is 0.700. The van der Waals surface area contributed by atoms with Gasteiger partial charge in [0, 0.05) is 18.9 Å². The van der Waals surface area contributed by atoms with Crippen molar-refractivity contribution in [1.29, 1.82) is 0 Å². The van der Waals surface area contributed by atoms with Gasteiger partial charge in [0.2, 0.25) is 0 Å². The van der Waals surface area contributed by atoms with Gasteiger partial charge in [-0.15, -0.1) is 0 Å². The summed E-state index contributed by atoms with van der Waals surface area (Å²) in [6.07, 6.45) is 1.71. The van der Waals surface area contributed by atoms with Gasteiger partial charge in [0.15, 0.2) is 0 Å². The summed E-state index contributed by atoms with van der Waals surface area (Å²) >= 11 is 3.34. The molecule has 1 aliphatic rings. The highest BCUT2D eigenvalue weighted by atomic mass is 79.9. The van der Waals surface area contributed by atoms with E-state index in [1.807, 2.05) is 0 Å². The Hall–Kier alpha value is -0.910. The minimum absolute atomic E-state index is 0.321. The number of urea groups is 1. The lowest BCUT2D eigenvalue weighted by Gasteiger charge is -2.15. The SMILES string of the molecule is CC(CCBr)CCN1C(=O)C(=O)N(C)C1=O. The molecule has 1 aliphatic heterocycles. The predicted octanol–water partition coefficient (Wildman–Crippen LogP) is 1.22. The van der Waals surface area contributed by atoms with E-state index in [0.717, 1.165) is 28.0 Å². The molecular formula is C10H15BrN2O3. The quantitative estimate of drug-likeness (QED) is 0.435. The molecule has 1 atom stereocenters. The Labute approximate surface area is 103 Å². The summed E-state index contributed by atoms with van der Waals surface area (Å²) in [6.45, 7) is 2.37. The van der Waals surface area contributed by atoms with Crippen LogP contribution in [-0.2, 0) is 9.59 Å². The zero-order chi connectivity index (χ0) is 12.3. The van der Waals surface area contributed by atoms with Crippen molar-refractivity contribution < 1.29 is 14.4 Å². The van der Waals surface area contributed by atoms with Crippen LogP contribution in [0.25, 0.3) is 0 Å². The van der Waals surface area contributed by atoms with Crippen LogP contribution in [0, 0.1) is 5.92 Å². The van der Waals surface area contributed by atoms with Gasteiger partial charge >= 0.3 is 17.8 Å². The summed E-state index contributed by atoms with van der Waals surface area (Å²) in [7, 11) is 1.32. The van der Waals surface area contributed by atoms with Gasteiger partial charge in [-0.25, -0.2) is 4.79 Å². The van der Waals surface area contributed by atoms with Gasteiger partial charge in [0.05, 0.1) is 0 Å². The first kappa shape index (κ1) is 13.2. The molecule has 0 aliphatic carbocycles. The Morgan fingerprint density at radius 2 is 1.81 bits per heavy atom. The number of amides is 4. The monoisotopic (exact) mass is 290 g/mol. The first-order valence-electron chi connectivity index (χ1n) is 5.18. The molecule has 1 saturated heterocycles. The molecule has 16 heavy (non-hydrogen) atoms. The average molecular weight is 291 g/mol. The van der Waals surface area contributed by atoms with Gasteiger partial charge in [0.1, 0.15) is 0 Å². The molecule has 0 aromatic carbocycles. The summed E-state index contributed by atoms with van der Waals surface area (Å²) in [5.41, 5.74) is 0. The van der Waals surface area contributed by atoms with E-state index in [1.165, 1.54) is 7.05 Å². The molecule has 0 aromatic heterocycles. The number of likely N-dealkylation sites (N-methyl/N-ethyl adjacent to an activating group) is 1. The van der Waals surface area contributed by atoms with Crippen LogP contribution in [0.2, 0.25) is 0 Å². The number of rotatable bonds is 5. The highest BCUT2D eigenvalue weighted by molar-refractivity contribution is 9.09. The van der Waals surface area contributed by atoms with Gasteiger partial charge in [-0.1, -0.05) is 22.9 Å². The summed E-state index contributed by atoms with van der Waals surface area (Å²) in [4.78, 5) is 36.0. The average Bonchev–Trinajstić information content (AvgIpc) is 2.42. The number of hydrogen-bond donors (Lipinski definition) is 0. The van der Waals surface area contributed by atoms with E-state index in [1.54, 1.807) is 0 Å². The molecular weight excluding hydrogens is 276 g/mol. The van der Waals surface area contributed by atoms with Gasteiger partial charge in [-0.05, 0) is 18.8 Å². The van der Waals surface area contributed by atoms with E-state index in [2.05, 4.69) is 22.9 Å². The van der Waals surface area contributed by atoms with E-state index in [0.29, 0.717) is 12.5 Å². The van der Waals surface area contributed by atoms with Gasteiger partial charge in [-0.2, -0.15) is 0 Å². The Bertz CT molecular complexity index is 319. The van der Waals surface area contributed by atoms with Crippen molar-refractivity contribution >= 4 is 33.8 Å². The third-order valence-electron chi connectivity index (χ3n) is 2.70. The van der Waals surface area contributed by atoms with Crippen molar-refractivity contribution in [1.82, 2.24) is 9.80 Å². The van der Waals surface area contributed by atoms with E-state index in [-0.39, 0.29) is 0 Å². The second-order valence-electron chi connectivity index (χ2n) is 3.98. The van der Waals surface area contributed by atoms with E-state index in [4.69, 9.17) is 0 Å². The van der Waals surface area contributed by atoms with E-state index >= 15 is 0 Å². The number of carbonyl (C=O) groups excluding carboxylic acids is 3. The highest BCUT2D eigenvalue weighted by Crippen LogP contribution is 2.14. The van der Waals surface area contributed by atoms with Gasteiger partial charge in [-0.3, -0.25) is 19.4 Å². The molecule has 0 saturated carbocycles. The normalized spacial score (nSPS) is 18.6. The molecule has 0 radical (unpaired) electrons. The number of nitrogens with zero attached hydrogens (tertiary/aromatic N) is 2. The van der Waals surface area contributed by atoms with Crippen LogP contribution in [0.3, 0.4) is 0 Å². The third-order valence-corrected chi connectivity index (χ3v) is 3.16. The predicted molar refractivity (Wildman–Crippen MR) is 62.1 cm³/mol. The van der Waals surface area contributed by atoms with Crippen LogP contribution < -0.4 is 0 Å². The molecule has 5 nitrogen and oxygen atoms in total. The Balaban J connectivity index is 2.52. The van der Waals surface area contributed by atoms with Crippen LogP contribution in [0.5, 0.6) is 0 Å². The van der Waals surface area contributed by atoms with Crippen molar-refractivity contribution in [2.24, 2.45) is 5.92 Å². The fourth-order valence-electron chi connectivity index (χ4n) is 1.49. The first-order valence-corrected chi connectivity index (χ1v) is 6.30. The minimum Gasteiger partial charge on any atom is -0.263 e. The highest BCUT2D eigenvalue weighted by Gasteiger charge is 2.41. The second kappa shape index (κ2) is 5.43. The molecule has 1 unspecified atom stereocenters. The molecule has 0 bridgehead atoms. The van der Waals surface area contributed by atoms with Crippen molar-refractivity contribution in [3.8, 4) is 0 Å². The fourth-order valence-corrected chi connectivity index (χ4v) is 2.27. The lowest BCUT2D eigenvalue weighted by Crippen LogP contribution is -2.33. The lowest BCUT2D eigenvalue weighted by atomic mass is 10.1. The maximum absolute atomic E-state index is 11.5. The standard InChI is InChI=1S/C10H15BrN2O3/c1-7(3-5-11)4-6-13-9(15)8(14)12(2)10(13)16/h7H,3-6H2,1-2H3. The van der Waals surface area contributed by atoms with Crippen LogP contribution in [0.4, 0.5) is 4.79 Å². The number of imide groups is 2. The number of hydrogen-bond acceptors (Lipinski definition) is 3. The van der Waals surface area contributed by atoms with Crippen LogP contribution in [-0.4, -0.2) is 46.6 Å². The minimum atomic E-state index is -0.738. The molecule has 0 aromatic rings. The summed E-state index contributed by atoms with van der Waals surface area (Å²) < 4.78 is 0. The Morgan fingerprint density at radius 3 is 2.25 bits per heavy atom. The maximum Gasteiger partial charge on any atom is 0.333 e. The van der Waals surface area contributed by atoms with Crippen molar-refractivity contribution in [3.63, 3.8) is 0 Å². The molecule has 0 spiro atoms. The van der Waals surface area contributed by atoms with Crippen molar-refractivity contribution in [3.05, 3.63) is 0 Å². The van der Waals surface area contributed by atoms with Crippen LogP contribution in [0.1, 0.15) is 19.8 Å². The zero-order valence-corrected chi connectivity index (χ0v) is 11.0. The van der Waals surface area contributed by atoms with Crippen molar-refractivity contribution in [2.45, 2.75) is 19.8 Å². The van der Waals surface area contributed by atoms with Crippen molar-refractivity contribution in [2.75, 3.05) is 18.9 Å². The first-order chi connectivity index (χ1) is 7.49. The smallest absolute Gasteiger partial charge is 0.263 e. The van der Waals surface area contributed by atoms with Crippen LogP contribution >= 0.6 is 15.9 Å². The number of halogens is 1. The van der Waals surface area contributed by atoms with Gasteiger partial charge < -0.3 is 0 Å². The molecule has 1 heterocycles. The molecule has 1 rings (SSSR count).